The molecule has 7 heteroatoms. The summed E-state index contributed by atoms with van der Waals surface area (Å²) in [5.74, 6) is -3.23. The maximum absolute atomic E-state index is 11.5. The first-order valence-corrected chi connectivity index (χ1v) is 8.96. The molecular formula is C12H24O6Si. The lowest BCUT2D eigenvalue weighted by Crippen LogP contribution is -2.51. The Labute approximate surface area is 115 Å². The molecule has 0 spiro atoms. The Kier molecular flexibility index (Phi) is 7.89. The minimum atomic E-state index is -3.09. The van der Waals surface area contributed by atoms with Gasteiger partial charge < -0.3 is 19.1 Å². The molecule has 2 N–H and O–H groups in total. The van der Waals surface area contributed by atoms with E-state index >= 15 is 0 Å². The fourth-order valence-corrected chi connectivity index (χ4v) is 5.38. The van der Waals surface area contributed by atoms with Crippen LogP contribution in [0.1, 0.15) is 33.6 Å². The third-order valence-corrected chi connectivity index (χ3v) is 6.52. The number of rotatable bonds is 10. The molecule has 0 aliphatic rings. The Bertz CT molecular complexity index is 301. The van der Waals surface area contributed by atoms with E-state index in [4.69, 9.17) is 8.85 Å². The molecule has 19 heavy (non-hydrogen) atoms. The number of aliphatic carboxylic acids is 2. The zero-order valence-corrected chi connectivity index (χ0v) is 13.0. The monoisotopic (exact) mass is 292 g/mol. The van der Waals surface area contributed by atoms with Gasteiger partial charge in [-0.25, -0.2) is 0 Å². The molecule has 0 aromatic carbocycles. The van der Waals surface area contributed by atoms with Crippen LogP contribution < -0.4 is 0 Å². The third kappa shape index (κ3) is 4.92. The zero-order chi connectivity index (χ0) is 15.1. The van der Waals surface area contributed by atoms with Crippen LogP contribution in [0.5, 0.6) is 0 Å². The van der Waals surface area contributed by atoms with E-state index in [1.807, 2.05) is 6.92 Å². The van der Waals surface area contributed by atoms with E-state index in [0.29, 0.717) is 26.1 Å². The normalized spacial score (nSPS) is 14.9. The molecule has 0 bridgehead atoms. The van der Waals surface area contributed by atoms with Crippen LogP contribution in [-0.4, -0.2) is 43.9 Å². The molecule has 0 heterocycles. The Morgan fingerprint density at radius 3 is 1.79 bits per heavy atom. The molecule has 2 atom stereocenters. The van der Waals surface area contributed by atoms with Crippen molar-refractivity contribution < 1.29 is 28.7 Å². The second kappa shape index (κ2) is 8.29. The van der Waals surface area contributed by atoms with Crippen molar-refractivity contribution in [1.82, 2.24) is 0 Å². The number of carboxylic acid groups (broad SMARTS) is 2. The molecule has 0 aliphatic heterocycles. The topological polar surface area (TPSA) is 93.1 Å². The molecule has 0 saturated carbocycles. The minimum Gasteiger partial charge on any atom is -0.481 e. The summed E-state index contributed by atoms with van der Waals surface area (Å²) < 4.78 is 11.1. The predicted molar refractivity (Wildman–Crippen MR) is 72.3 cm³/mol. The first-order chi connectivity index (χ1) is 8.83. The predicted octanol–water partition coefficient (Wildman–Crippen LogP) is 2.09. The van der Waals surface area contributed by atoms with Crippen LogP contribution in [0.4, 0.5) is 0 Å². The van der Waals surface area contributed by atoms with E-state index in [1.54, 1.807) is 20.4 Å². The second-order valence-electron chi connectivity index (χ2n) is 4.43. The molecule has 0 amide bonds. The molecule has 0 aromatic heterocycles. The fourth-order valence-electron chi connectivity index (χ4n) is 2.30. The summed E-state index contributed by atoms with van der Waals surface area (Å²) in [6.45, 7) is 7.58. The molecule has 6 nitrogen and oxygen atoms in total. The summed E-state index contributed by atoms with van der Waals surface area (Å²) in [4.78, 5) is 22.9. The summed E-state index contributed by atoms with van der Waals surface area (Å²) in [7, 11) is -3.09. The third-order valence-electron chi connectivity index (χ3n) is 3.01. The second-order valence-corrected chi connectivity index (χ2v) is 7.66. The molecule has 0 fully saturated rings. The first kappa shape index (κ1) is 18.1. The van der Waals surface area contributed by atoms with Crippen molar-refractivity contribution in [3.05, 3.63) is 0 Å². The smallest absolute Gasteiger partial charge is 0.350 e. The average Bonchev–Trinajstić information content (AvgIpc) is 2.28. The van der Waals surface area contributed by atoms with Gasteiger partial charge in [0.05, 0.1) is 5.92 Å². The van der Waals surface area contributed by atoms with Crippen molar-refractivity contribution in [2.45, 2.75) is 45.7 Å². The number of carboxylic acids is 2. The molecule has 0 aromatic rings. The van der Waals surface area contributed by atoms with Gasteiger partial charge in [-0.3, -0.25) is 9.59 Å². The van der Waals surface area contributed by atoms with E-state index in [9.17, 15) is 19.8 Å². The fraction of sp³-hybridized carbons (Fsp3) is 0.833. The maximum Gasteiger partial charge on any atom is 0.350 e. The highest BCUT2D eigenvalue weighted by Crippen LogP contribution is 2.35. The quantitative estimate of drug-likeness (QED) is 0.599. The summed E-state index contributed by atoms with van der Waals surface area (Å²) >= 11 is 0. The average molecular weight is 292 g/mol. The highest BCUT2D eigenvalue weighted by Gasteiger charge is 2.52. The van der Waals surface area contributed by atoms with Crippen molar-refractivity contribution in [2.75, 3.05) is 13.2 Å². The van der Waals surface area contributed by atoms with Gasteiger partial charge in [0, 0.05) is 13.2 Å². The zero-order valence-electron chi connectivity index (χ0n) is 12.0. The van der Waals surface area contributed by atoms with Crippen LogP contribution >= 0.6 is 0 Å². The minimum absolute atomic E-state index is 0.301. The Morgan fingerprint density at radius 2 is 1.53 bits per heavy atom. The standard InChI is InChI=1S/C12H24O6Si/c1-5-8-9(11(13)14)10(12(15)16)19(4,17-6-2)18-7-3/h9-10H,5-8H2,1-4H3,(H,13,14)(H,15,16). The van der Waals surface area contributed by atoms with Crippen LogP contribution in [0.3, 0.4) is 0 Å². The Balaban J connectivity index is 5.44. The molecule has 0 radical (unpaired) electrons. The van der Waals surface area contributed by atoms with Gasteiger partial charge in [-0.05, 0) is 26.8 Å². The van der Waals surface area contributed by atoms with Gasteiger partial charge in [0.1, 0.15) is 5.54 Å². The number of hydrogen-bond donors (Lipinski definition) is 2. The molecular weight excluding hydrogens is 268 g/mol. The van der Waals surface area contributed by atoms with Gasteiger partial charge >= 0.3 is 20.5 Å². The van der Waals surface area contributed by atoms with Crippen molar-refractivity contribution in [3.8, 4) is 0 Å². The van der Waals surface area contributed by atoms with E-state index in [2.05, 4.69) is 0 Å². The largest absolute Gasteiger partial charge is 0.481 e. The summed E-state index contributed by atoms with van der Waals surface area (Å²) in [6.07, 6.45) is 0.901. The lowest BCUT2D eigenvalue weighted by Gasteiger charge is -2.34. The van der Waals surface area contributed by atoms with E-state index in [0.717, 1.165) is 0 Å². The van der Waals surface area contributed by atoms with E-state index < -0.39 is 32.0 Å². The summed E-state index contributed by atoms with van der Waals surface area (Å²) in [5.41, 5.74) is -1.11. The molecule has 0 saturated heterocycles. The molecule has 0 rings (SSSR count). The molecule has 112 valence electrons. The van der Waals surface area contributed by atoms with Crippen LogP contribution in [0.15, 0.2) is 0 Å². The van der Waals surface area contributed by atoms with Crippen molar-refractivity contribution in [2.24, 2.45) is 5.92 Å². The lowest BCUT2D eigenvalue weighted by atomic mass is 9.99. The maximum atomic E-state index is 11.5. The van der Waals surface area contributed by atoms with Gasteiger partial charge in [0.25, 0.3) is 0 Å². The number of hydrogen-bond acceptors (Lipinski definition) is 4. The van der Waals surface area contributed by atoms with E-state index in [-0.39, 0.29) is 0 Å². The highest BCUT2D eigenvalue weighted by molar-refractivity contribution is 6.71. The SMILES string of the molecule is CCCC(C(=O)O)C(C(=O)O)[Si](C)(OCC)OCC. The first-order valence-electron chi connectivity index (χ1n) is 6.57. The molecule has 2 unspecified atom stereocenters. The van der Waals surface area contributed by atoms with Crippen LogP contribution in [0.2, 0.25) is 12.1 Å². The van der Waals surface area contributed by atoms with Crippen LogP contribution in [-0.2, 0) is 18.4 Å². The summed E-state index contributed by atoms with van der Waals surface area (Å²) in [5, 5.41) is 18.7. The van der Waals surface area contributed by atoms with Crippen molar-refractivity contribution >= 4 is 20.5 Å². The van der Waals surface area contributed by atoms with E-state index in [1.165, 1.54) is 0 Å². The Morgan fingerprint density at radius 1 is 1.05 bits per heavy atom. The van der Waals surface area contributed by atoms with Gasteiger partial charge in [-0.2, -0.15) is 0 Å². The van der Waals surface area contributed by atoms with Crippen molar-refractivity contribution in [1.29, 1.82) is 0 Å². The molecule has 0 aliphatic carbocycles. The van der Waals surface area contributed by atoms with Gasteiger partial charge in [-0.1, -0.05) is 13.3 Å². The van der Waals surface area contributed by atoms with Gasteiger partial charge in [0.2, 0.25) is 0 Å². The van der Waals surface area contributed by atoms with Gasteiger partial charge in [-0.15, -0.1) is 0 Å². The van der Waals surface area contributed by atoms with Gasteiger partial charge in [0.15, 0.2) is 0 Å². The van der Waals surface area contributed by atoms with Crippen LogP contribution in [0, 0.1) is 5.92 Å². The van der Waals surface area contributed by atoms with Crippen molar-refractivity contribution in [3.63, 3.8) is 0 Å². The van der Waals surface area contributed by atoms with Crippen LogP contribution in [0.25, 0.3) is 0 Å². The highest BCUT2D eigenvalue weighted by atomic mass is 28.4. The Hall–Kier alpha value is -0.923. The summed E-state index contributed by atoms with van der Waals surface area (Å²) in [6, 6.07) is 0. The lowest BCUT2D eigenvalue weighted by molar-refractivity contribution is -0.149. The number of carbonyl (C=O) groups is 2.